The van der Waals surface area contributed by atoms with Crippen molar-refractivity contribution in [2.45, 2.75) is 25.5 Å². The van der Waals surface area contributed by atoms with E-state index in [2.05, 4.69) is 0 Å². The maximum Gasteiger partial charge on any atom is 0.303 e. The van der Waals surface area contributed by atoms with E-state index in [0.29, 0.717) is 24.5 Å². The van der Waals surface area contributed by atoms with Crippen LogP contribution >= 0.6 is 0 Å². The van der Waals surface area contributed by atoms with Crippen LogP contribution in [0.3, 0.4) is 0 Å². The minimum atomic E-state index is -0.863. The molecule has 112 valence electrons. The smallest absolute Gasteiger partial charge is 0.303 e. The van der Waals surface area contributed by atoms with Crippen molar-refractivity contribution in [2.75, 3.05) is 21.3 Å². The molecule has 1 rings (SSSR count). The third-order valence-electron chi connectivity index (χ3n) is 2.98. The fraction of sp³-hybridized carbons (Fsp3) is 0.500. The van der Waals surface area contributed by atoms with Crippen LogP contribution in [0.25, 0.3) is 0 Å². The second kappa shape index (κ2) is 7.72. The van der Waals surface area contributed by atoms with E-state index in [4.69, 9.17) is 25.1 Å². The Kier molecular flexibility index (Phi) is 6.27. The third kappa shape index (κ3) is 4.11. The molecule has 0 bridgehead atoms. The molecule has 20 heavy (non-hydrogen) atoms. The van der Waals surface area contributed by atoms with Crippen LogP contribution in [0.1, 0.15) is 30.0 Å². The van der Waals surface area contributed by atoms with Crippen molar-refractivity contribution in [1.29, 1.82) is 0 Å². The number of aliphatic carboxylic acids is 1. The van der Waals surface area contributed by atoms with E-state index in [1.807, 2.05) is 6.07 Å². The zero-order valence-corrected chi connectivity index (χ0v) is 12.0. The van der Waals surface area contributed by atoms with Gasteiger partial charge in [0.05, 0.1) is 20.8 Å². The summed E-state index contributed by atoms with van der Waals surface area (Å²) in [5.41, 5.74) is 7.64. The molecule has 0 aliphatic carbocycles. The predicted molar refractivity (Wildman–Crippen MR) is 74.1 cm³/mol. The van der Waals surface area contributed by atoms with E-state index in [0.717, 1.165) is 11.1 Å². The Morgan fingerprint density at radius 1 is 1.30 bits per heavy atom. The fourth-order valence-electron chi connectivity index (χ4n) is 1.99. The molecular weight excluding hydrogens is 262 g/mol. The van der Waals surface area contributed by atoms with Gasteiger partial charge in [-0.15, -0.1) is 0 Å². The number of hydrogen-bond donors (Lipinski definition) is 2. The van der Waals surface area contributed by atoms with Crippen molar-refractivity contribution in [3.05, 3.63) is 23.3 Å². The quantitative estimate of drug-likeness (QED) is 0.754. The van der Waals surface area contributed by atoms with E-state index in [1.165, 1.54) is 0 Å². The summed E-state index contributed by atoms with van der Waals surface area (Å²) in [4.78, 5) is 10.6. The number of carboxylic acids is 1. The van der Waals surface area contributed by atoms with E-state index in [9.17, 15) is 4.79 Å². The minimum Gasteiger partial charge on any atom is -0.493 e. The molecule has 0 fully saturated rings. The zero-order chi connectivity index (χ0) is 15.1. The Labute approximate surface area is 118 Å². The molecule has 1 atom stereocenters. The molecule has 0 heterocycles. The first-order chi connectivity index (χ1) is 9.53. The molecule has 3 N–H and O–H groups in total. The molecule has 0 amide bonds. The third-order valence-corrected chi connectivity index (χ3v) is 2.98. The van der Waals surface area contributed by atoms with Crippen LogP contribution < -0.4 is 15.2 Å². The standard InChI is InChI=1S/C14H21NO5/c1-18-8-10-6-9(11(15)4-5-13(16)17)7-12(19-2)14(10)20-3/h6-7,11H,4-5,8,15H2,1-3H3,(H,16,17). The maximum absolute atomic E-state index is 10.6. The fourth-order valence-corrected chi connectivity index (χ4v) is 1.99. The van der Waals surface area contributed by atoms with Gasteiger partial charge in [0.15, 0.2) is 11.5 Å². The summed E-state index contributed by atoms with van der Waals surface area (Å²) < 4.78 is 15.7. The molecule has 0 aliphatic heterocycles. The van der Waals surface area contributed by atoms with Crippen molar-refractivity contribution < 1.29 is 24.1 Å². The van der Waals surface area contributed by atoms with E-state index < -0.39 is 5.97 Å². The van der Waals surface area contributed by atoms with Gasteiger partial charge in [-0.05, 0) is 24.1 Å². The first kappa shape index (κ1) is 16.3. The Bertz CT molecular complexity index is 461. The molecule has 0 aromatic heterocycles. The van der Waals surface area contributed by atoms with Crippen LogP contribution in [-0.4, -0.2) is 32.4 Å². The van der Waals surface area contributed by atoms with Crippen molar-refractivity contribution >= 4 is 5.97 Å². The Balaban J connectivity index is 3.07. The normalized spacial score (nSPS) is 12.0. The molecule has 0 saturated heterocycles. The van der Waals surface area contributed by atoms with Gasteiger partial charge in [-0.3, -0.25) is 4.79 Å². The van der Waals surface area contributed by atoms with Gasteiger partial charge in [0.2, 0.25) is 0 Å². The van der Waals surface area contributed by atoms with Crippen LogP contribution in [0, 0.1) is 0 Å². The maximum atomic E-state index is 10.6. The van der Waals surface area contributed by atoms with Gasteiger partial charge >= 0.3 is 5.97 Å². The number of benzene rings is 1. The summed E-state index contributed by atoms with van der Waals surface area (Å²) in [6.45, 7) is 0.360. The predicted octanol–water partition coefficient (Wildman–Crippen LogP) is 1.71. The lowest BCUT2D eigenvalue weighted by molar-refractivity contribution is -0.137. The Morgan fingerprint density at radius 3 is 2.50 bits per heavy atom. The Hall–Kier alpha value is -1.79. The van der Waals surface area contributed by atoms with Gasteiger partial charge in [-0.25, -0.2) is 0 Å². The van der Waals surface area contributed by atoms with E-state index >= 15 is 0 Å². The first-order valence-corrected chi connectivity index (χ1v) is 6.24. The molecule has 0 radical (unpaired) electrons. The molecule has 0 saturated carbocycles. The summed E-state index contributed by atoms with van der Waals surface area (Å²) in [5, 5.41) is 8.71. The molecular formula is C14H21NO5. The number of methoxy groups -OCH3 is 3. The first-order valence-electron chi connectivity index (χ1n) is 6.24. The Morgan fingerprint density at radius 2 is 2.00 bits per heavy atom. The topological polar surface area (TPSA) is 91.0 Å². The van der Waals surface area contributed by atoms with Crippen molar-refractivity contribution in [3.63, 3.8) is 0 Å². The molecule has 6 heteroatoms. The summed E-state index contributed by atoms with van der Waals surface area (Å²) in [5.74, 6) is 0.296. The second-order valence-corrected chi connectivity index (χ2v) is 4.39. The number of carbonyl (C=O) groups is 1. The monoisotopic (exact) mass is 283 g/mol. The number of ether oxygens (including phenoxy) is 3. The van der Waals surface area contributed by atoms with Crippen LogP contribution in [0.15, 0.2) is 12.1 Å². The highest BCUT2D eigenvalue weighted by molar-refractivity contribution is 5.66. The summed E-state index contributed by atoms with van der Waals surface area (Å²) in [6.07, 6.45) is 0.381. The molecule has 1 aromatic carbocycles. The van der Waals surface area contributed by atoms with Crippen molar-refractivity contribution in [2.24, 2.45) is 5.73 Å². The largest absolute Gasteiger partial charge is 0.493 e. The zero-order valence-electron chi connectivity index (χ0n) is 12.0. The minimum absolute atomic E-state index is 0.0229. The number of nitrogens with two attached hydrogens (primary N) is 1. The highest BCUT2D eigenvalue weighted by atomic mass is 16.5. The number of carboxylic acid groups (broad SMARTS) is 1. The van der Waals surface area contributed by atoms with Gasteiger partial charge in [0, 0.05) is 25.1 Å². The van der Waals surface area contributed by atoms with Crippen LogP contribution in [-0.2, 0) is 16.1 Å². The number of hydrogen-bond acceptors (Lipinski definition) is 5. The van der Waals surface area contributed by atoms with Crippen LogP contribution in [0.4, 0.5) is 0 Å². The lowest BCUT2D eigenvalue weighted by Crippen LogP contribution is -2.13. The van der Waals surface area contributed by atoms with Gasteiger partial charge in [-0.2, -0.15) is 0 Å². The average Bonchev–Trinajstić information content (AvgIpc) is 2.44. The van der Waals surface area contributed by atoms with Gasteiger partial charge in [0.1, 0.15) is 0 Å². The van der Waals surface area contributed by atoms with Crippen LogP contribution in [0.5, 0.6) is 11.5 Å². The molecule has 1 unspecified atom stereocenters. The lowest BCUT2D eigenvalue weighted by atomic mass is 9.99. The molecule has 0 aliphatic rings. The van der Waals surface area contributed by atoms with Crippen LogP contribution in [0.2, 0.25) is 0 Å². The van der Waals surface area contributed by atoms with Gasteiger partial charge in [0.25, 0.3) is 0 Å². The van der Waals surface area contributed by atoms with E-state index in [-0.39, 0.29) is 12.5 Å². The molecule has 0 spiro atoms. The second-order valence-electron chi connectivity index (χ2n) is 4.39. The lowest BCUT2D eigenvalue weighted by Gasteiger charge is -2.18. The highest BCUT2D eigenvalue weighted by Gasteiger charge is 2.16. The molecule has 6 nitrogen and oxygen atoms in total. The van der Waals surface area contributed by atoms with Crippen molar-refractivity contribution in [1.82, 2.24) is 0 Å². The van der Waals surface area contributed by atoms with Gasteiger partial charge < -0.3 is 25.1 Å². The highest BCUT2D eigenvalue weighted by Crippen LogP contribution is 2.35. The summed E-state index contributed by atoms with van der Waals surface area (Å²) >= 11 is 0. The average molecular weight is 283 g/mol. The van der Waals surface area contributed by atoms with E-state index in [1.54, 1.807) is 27.4 Å². The van der Waals surface area contributed by atoms with Gasteiger partial charge in [-0.1, -0.05) is 0 Å². The molecule has 1 aromatic rings. The van der Waals surface area contributed by atoms with Crippen molar-refractivity contribution in [3.8, 4) is 11.5 Å². The SMILES string of the molecule is COCc1cc(C(N)CCC(=O)O)cc(OC)c1OC. The summed E-state index contributed by atoms with van der Waals surface area (Å²) in [6, 6.07) is 3.25. The number of rotatable bonds is 8. The summed E-state index contributed by atoms with van der Waals surface area (Å²) in [7, 11) is 4.69.